The second-order valence-corrected chi connectivity index (χ2v) is 8.10. The Hall–Kier alpha value is -1.07. The van der Waals surface area contributed by atoms with Crippen LogP contribution in [-0.4, -0.2) is 22.7 Å². The number of fused-ring (bicyclic) bond motifs is 1. The molecule has 0 saturated heterocycles. The summed E-state index contributed by atoms with van der Waals surface area (Å²) in [7, 11) is 0. The zero-order valence-corrected chi connectivity index (χ0v) is 14.5. The number of hydrogen-bond donors (Lipinski definition) is 1. The number of rotatable bonds is 5. The summed E-state index contributed by atoms with van der Waals surface area (Å²) in [6.45, 7) is 2.25. The number of amides is 1. The molecule has 3 nitrogen and oxygen atoms in total. The molecular formula is C17H22N2OS2. The Morgan fingerprint density at radius 3 is 3.00 bits per heavy atom. The Morgan fingerprint density at radius 1 is 1.36 bits per heavy atom. The van der Waals surface area contributed by atoms with Crippen molar-refractivity contribution in [3.05, 3.63) is 29.3 Å². The molecule has 3 rings (SSSR count). The summed E-state index contributed by atoms with van der Waals surface area (Å²) >= 11 is 3.38. The fourth-order valence-electron chi connectivity index (χ4n) is 2.99. The van der Waals surface area contributed by atoms with Crippen LogP contribution in [0.1, 0.15) is 37.6 Å². The molecule has 1 aromatic heterocycles. The number of para-hydroxylation sites is 1. The molecule has 0 bridgehead atoms. The molecule has 2 aromatic rings. The molecule has 1 N–H and O–H groups in total. The third-order valence-electron chi connectivity index (χ3n) is 4.25. The first kappa shape index (κ1) is 15.8. The lowest BCUT2D eigenvalue weighted by Crippen LogP contribution is -2.41. The fraction of sp³-hybridized carbons (Fsp3) is 0.529. The van der Waals surface area contributed by atoms with Gasteiger partial charge in [0.05, 0.1) is 16.0 Å². The van der Waals surface area contributed by atoms with Gasteiger partial charge in [0.15, 0.2) is 0 Å². The molecule has 0 spiro atoms. The molecule has 0 radical (unpaired) electrons. The van der Waals surface area contributed by atoms with E-state index in [4.69, 9.17) is 0 Å². The Labute approximate surface area is 139 Å². The van der Waals surface area contributed by atoms with Crippen LogP contribution in [-0.2, 0) is 10.5 Å². The van der Waals surface area contributed by atoms with Crippen molar-refractivity contribution < 1.29 is 4.79 Å². The Morgan fingerprint density at radius 2 is 2.18 bits per heavy atom. The van der Waals surface area contributed by atoms with Crippen LogP contribution < -0.4 is 5.32 Å². The van der Waals surface area contributed by atoms with Crippen molar-refractivity contribution in [1.82, 2.24) is 10.3 Å². The number of thioether (sulfide) groups is 1. The lowest BCUT2D eigenvalue weighted by Gasteiger charge is -2.29. The molecule has 5 heteroatoms. The Balaban J connectivity index is 1.45. The van der Waals surface area contributed by atoms with Crippen LogP contribution >= 0.6 is 23.1 Å². The van der Waals surface area contributed by atoms with Crippen LogP contribution in [0, 0.1) is 5.92 Å². The molecule has 1 amide bonds. The van der Waals surface area contributed by atoms with E-state index in [0.29, 0.717) is 17.7 Å². The minimum Gasteiger partial charge on any atom is -0.352 e. The van der Waals surface area contributed by atoms with Gasteiger partial charge < -0.3 is 5.32 Å². The van der Waals surface area contributed by atoms with Gasteiger partial charge in [-0.3, -0.25) is 4.79 Å². The van der Waals surface area contributed by atoms with E-state index < -0.39 is 0 Å². The maximum atomic E-state index is 12.1. The van der Waals surface area contributed by atoms with Gasteiger partial charge in [0, 0.05) is 11.8 Å². The average Bonchev–Trinajstić information content (AvgIpc) is 2.92. The molecular weight excluding hydrogens is 312 g/mol. The Kier molecular flexibility index (Phi) is 5.37. The fourth-order valence-corrected chi connectivity index (χ4v) is 4.85. The molecule has 0 unspecified atom stereocenters. The van der Waals surface area contributed by atoms with Gasteiger partial charge in [-0.25, -0.2) is 4.98 Å². The van der Waals surface area contributed by atoms with Crippen molar-refractivity contribution >= 4 is 39.2 Å². The first-order valence-corrected chi connectivity index (χ1v) is 9.91. The highest BCUT2D eigenvalue weighted by Crippen LogP contribution is 2.25. The SMILES string of the molecule is C[C@H]1CCCC[C@@H]1NC(=O)CSCc1nc2ccccc2s1. The van der Waals surface area contributed by atoms with Crippen LogP contribution in [0.2, 0.25) is 0 Å². The molecule has 118 valence electrons. The van der Waals surface area contributed by atoms with Gasteiger partial charge in [-0.1, -0.05) is 31.9 Å². The van der Waals surface area contributed by atoms with E-state index in [1.165, 1.54) is 24.0 Å². The summed E-state index contributed by atoms with van der Waals surface area (Å²) in [4.78, 5) is 16.7. The summed E-state index contributed by atoms with van der Waals surface area (Å²) in [5, 5.41) is 4.31. The van der Waals surface area contributed by atoms with Gasteiger partial charge in [0.2, 0.25) is 5.91 Å². The zero-order chi connectivity index (χ0) is 15.4. The van der Waals surface area contributed by atoms with Gasteiger partial charge in [0.25, 0.3) is 0 Å². The topological polar surface area (TPSA) is 42.0 Å². The molecule has 0 aliphatic heterocycles. The van der Waals surface area contributed by atoms with Crippen LogP contribution in [0.3, 0.4) is 0 Å². The van der Waals surface area contributed by atoms with E-state index >= 15 is 0 Å². The third-order valence-corrected chi connectivity index (χ3v) is 6.42. The van der Waals surface area contributed by atoms with Crippen molar-refractivity contribution in [1.29, 1.82) is 0 Å². The van der Waals surface area contributed by atoms with Crippen molar-refractivity contribution in [2.24, 2.45) is 5.92 Å². The monoisotopic (exact) mass is 334 g/mol. The maximum absolute atomic E-state index is 12.1. The highest BCUT2D eigenvalue weighted by atomic mass is 32.2. The number of hydrogen-bond acceptors (Lipinski definition) is 4. The molecule has 1 aliphatic rings. The van der Waals surface area contributed by atoms with Crippen molar-refractivity contribution in [2.75, 3.05) is 5.75 Å². The predicted molar refractivity (Wildman–Crippen MR) is 95.3 cm³/mol. The zero-order valence-electron chi connectivity index (χ0n) is 12.9. The predicted octanol–water partition coefficient (Wildman–Crippen LogP) is 4.22. The van der Waals surface area contributed by atoms with Crippen LogP contribution in [0.4, 0.5) is 0 Å². The lowest BCUT2D eigenvalue weighted by atomic mass is 9.86. The Bertz CT molecular complexity index is 607. The average molecular weight is 335 g/mol. The summed E-state index contributed by atoms with van der Waals surface area (Å²) in [5.41, 5.74) is 1.06. The van der Waals surface area contributed by atoms with Gasteiger partial charge in [-0.05, 0) is 30.9 Å². The van der Waals surface area contributed by atoms with Crippen molar-refractivity contribution in [3.8, 4) is 0 Å². The minimum absolute atomic E-state index is 0.171. The smallest absolute Gasteiger partial charge is 0.230 e. The van der Waals surface area contributed by atoms with Gasteiger partial charge in [-0.2, -0.15) is 0 Å². The van der Waals surface area contributed by atoms with Gasteiger partial charge in [0.1, 0.15) is 5.01 Å². The number of carbonyl (C=O) groups is 1. The quantitative estimate of drug-likeness (QED) is 0.890. The molecule has 1 aromatic carbocycles. The van der Waals surface area contributed by atoms with E-state index in [2.05, 4.69) is 23.3 Å². The highest BCUT2D eigenvalue weighted by molar-refractivity contribution is 7.99. The van der Waals surface area contributed by atoms with Crippen LogP contribution in [0.25, 0.3) is 10.2 Å². The number of benzene rings is 1. The molecule has 22 heavy (non-hydrogen) atoms. The van der Waals surface area contributed by atoms with E-state index in [-0.39, 0.29) is 5.91 Å². The number of nitrogens with one attached hydrogen (secondary N) is 1. The summed E-state index contributed by atoms with van der Waals surface area (Å²) in [6.07, 6.45) is 4.92. The highest BCUT2D eigenvalue weighted by Gasteiger charge is 2.22. The van der Waals surface area contributed by atoms with E-state index in [1.54, 1.807) is 23.1 Å². The largest absolute Gasteiger partial charge is 0.352 e. The standard InChI is InChI=1S/C17H22N2OS2/c1-12-6-2-3-7-13(12)18-16(20)10-21-11-17-19-14-8-4-5-9-15(14)22-17/h4-5,8-9,12-13H,2-3,6-7,10-11H2,1H3,(H,18,20)/t12-,13-/m0/s1. The van der Waals surface area contributed by atoms with E-state index in [0.717, 1.165) is 22.7 Å². The van der Waals surface area contributed by atoms with E-state index in [1.807, 2.05) is 18.2 Å². The number of thiazole rings is 1. The molecule has 1 heterocycles. The maximum Gasteiger partial charge on any atom is 0.230 e. The minimum atomic E-state index is 0.171. The molecule has 1 fully saturated rings. The summed E-state index contributed by atoms with van der Waals surface area (Å²) in [5.74, 6) is 2.13. The molecule has 2 atom stereocenters. The first-order chi connectivity index (χ1) is 10.7. The van der Waals surface area contributed by atoms with E-state index in [9.17, 15) is 4.79 Å². The summed E-state index contributed by atoms with van der Waals surface area (Å²) in [6, 6.07) is 8.56. The molecule has 1 saturated carbocycles. The van der Waals surface area contributed by atoms with Crippen molar-refractivity contribution in [3.63, 3.8) is 0 Å². The second kappa shape index (κ2) is 7.47. The third kappa shape index (κ3) is 4.02. The van der Waals surface area contributed by atoms with Gasteiger partial charge in [-0.15, -0.1) is 23.1 Å². The number of nitrogens with zero attached hydrogens (tertiary/aromatic N) is 1. The second-order valence-electron chi connectivity index (χ2n) is 6.00. The number of aromatic nitrogens is 1. The summed E-state index contributed by atoms with van der Waals surface area (Å²) < 4.78 is 1.22. The van der Waals surface area contributed by atoms with Crippen LogP contribution in [0.5, 0.6) is 0 Å². The van der Waals surface area contributed by atoms with Crippen LogP contribution in [0.15, 0.2) is 24.3 Å². The molecule has 1 aliphatic carbocycles. The lowest BCUT2D eigenvalue weighted by molar-refractivity contribution is -0.119. The van der Waals surface area contributed by atoms with Gasteiger partial charge >= 0.3 is 0 Å². The first-order valence-electron chi connectivity index (χ1n) is 7.94. The normalized spacial score (nSPS) is 21.9. The number of carbonyl (C=O) groups excluding carboxylic acids is 1. The van der Waals surface area contributed by atoms with Crippen molar-refractivity contribution in [2.45, 2.75) is 44.4 Å².